The predicted molar refractivity (Wildman–Crippen MR) is 118 cm³/mol. The molecule has 4 heteroatoms. The number of hydrogen-bond acceptors (Lipinski definition) is 4. The number of fused-ring (bicyclic) bond motifs is 1. The number of hydrazone groups is 1. The van der Waals surface area contributed by atoms with E-state index in [-0.39, 0.29) is 0 Å². The second-order valence-electron chi connectivity index (χ2n) is 7.05. The van der Waals surface area contributed by atoms with Crippen LogP contribution in [0.4, 0.5) is 11.4 Å². The minimum Gasteiger partial charge on any atom is -0.378 e. The van der Waals surface area contributed by atoms with E-state index >= 15 is 0 Å². The Labute approximate surface area is 166 Å². The molecule has 3 aromatic rings. The number of amidine groups is 1. The molecule has 1 N–H and O–H groups in total. The quantitative estimate of drug-likeness (QED) is 0.722. The maximum Gasteiger partial charge on any atom is 0.154 e. The molecule has 4 rings (SSSR count). The molecule has 0 saturated heterocycles. The predicted octanol–water partition coefficient (Wildman–Crippen LogP) is 4.75. The zero-order valence-corrected chi connectivity index (χ0v) is 16.5. The van der Waals surface area contributed by atoms with Gasteiger partial charge >= 0.3 is 0 Å². The number of nitrogens with one attached hydrogen (secondary N) is 1. The van der Waals surface area contributed by atoms with Crippen molar-refractivity contribution in [1.29, 1.82) is 0 Å². The van der Waals surface area contributed by atoms with Gasteiger partial charge in [-0.05, 0) is 36.2 Å². The van der Waals surface area contributed by atoms with Crippen molar-refractivity contribution in [2.75, 3.05) is 19.0 Å². The highest BCUT2D eigenvalue weighted by Gasteiger charge is 2.17. The summed E-state index contributed by atoms with van der Waals surface area (Å²) < 4.78 is 0. The molecule has 1 heterocycles. The van der Waals surface area contributed by atoms with E-state index in [1.54, 1.807) is 0 Å². The van der Waals surface area contributed by atoms with Gasteiger partial charge in [0.05, 0.1) is 11.4 Å². The van der Waals surface area contributed by atoms with E-state index in [1.165, 1.54) is 5.56 Å². The van der Waals surface area contributed by atoms with Gasteiger partial charge in [0.15, 0.2) is 5.84 Å². The monoisotopic (exact) mass is 368 g/mol. The van der Waals surface area contributed by atoms with Crippen molar-refractivity contribution in [3.05, 3.63) is 95.1 Å². The van der Waals surface area contributed by atoms with Gasteiger partial charge in [-0.1, -0.05) is 55.5 Å². The van der Waals surface area contributed by atoms with Crippen LogP contribution in [-0.2, 0) is 6.42 Å². The third kappa shape index (κ3) is 3.54. The summed E-state index contributed by atoms with van der Waals surface area (Å²) in [5, 5.41) is 4.76. The molecule has 28 heavy (non-hydrogen) atoms. The number of nitrogens with zero attached hydrogens (tertiary/aromatic N) is 3. The lowest BCUT2D eigenvalue weighted by Crippen LogP contribution is -2.19. The van der Waals surface area contributed by atoms with Crippen LogP contribution in [-0.4, -0.2) is 25.6 Å². The number of hydrogen-bond donors (Lipinski definition) is 1. The van der Waals surface area contributed by atoms with Crippen molar-refractivity contribution >= 4 is 22.9 Å². The molecule has 0 spiro atoms. The highest BCUT2D eigenvalue weighted by Crippen LogP contribution is 2.28. The first-order valence-electron chi connectivity index (χ1n) is 9.54. The average molecular weight is 368 g/mol. The molecular formula is C24H24N4. The number of rotatable bonds is 4. The molecule has 3 aromatic carbocycles. The van der Waals surface area contributed by atoms with E-state index in [0.29, 0.717) is 0 Å². The van der Waals surface area contributed by atoms with Gasteiger partial charge in [0, 0.05) is 36.5 Å². The van der Waals surface area contributed by atoms with Gasteiger partial charge in [0.2, 0.25) is 0 Å². The van der Waals surface area contributed by atoms with E-state index < -0.39 is 0 Å². The fourth-order valence-corrected chi connectivity index (χ4v) is 3.27. The lowest BCUT2D eigenvalue weighted by atomic mass is 9.97. The highest BCUT2D eigenvalue weighted by molar-refractivity contribution is 6.18. The van der Waals surface area contributed by atoms with E-state index in [1.807, 2.05) is 44.4 Å². The van der Waals surface area contributed by atoms with Crippen LogP contribution in [0.15, 0.2) is 82.9 Å². The van der Waals surface area contributed by atoms with Crippen molar-refractivity contribution in [3.63, 3.8) is 0 Å². The smallest absolute Gasteiger partial charge is 0.154 e. The van der Waals surface area contributed by atoms with Crippen LogP contribution >= 0.6 is 0 Å². The van der Waals surface area contributed by atoms with Gasteiger partial charge in [0.1, 0.15) is 0 Å². The topological polar surface area (TPSA) is 40.0 Å². The number of aliphatic imine (C=N–C) groups is 1. The fourth-order valence-electron chi connectivity index (χ4n) is 3.27. The maximum atomic E-state index is 4.89. The minimum atomic E-state index is 0.756. The largest absolute Gasteiger partial charge is 0.378 e. The summed E-state index contributed by atoms with van der Waals surface area (Å²) in [6.07, 6.45) is 0.975. The summed E-state index contributed by atoms with van der Waals surface area (Å²) >= 11 is 0. The number of benzene rings is 3. The van der Waals surface area contributed by atoms with Crippen molar-refractivity contribution in [1.82, 2.24) is 5.43 Å². The minimum absolute atomic E-state index is 0.756. The average Bonchev–Trinajstić information content (AvgIpc) is 2.93. The van der Waals surface area contributed by atoms with Gasteiger partial charge in [-0.2, -0.15) is 5.10 Å². The van der Waals surface area contributed by atoms with Crippen LogP contribution < -0.4 is 10.3 Å². The molecule has 140 valence electrons. The maximum absolute atomic E-state index is 4.89. The Morgan fingerprint density at radius 1 is 0.857 bits per heavy atom. The molecule has 1 aliphatic heterocycles. The SMILES string of the molecule is CCc1ccc2c(c1)C(c1ccc(N(C)C)cc1)=NNC(c1ccccc1)=N2. The fraction of sp³-hybridized carbons (Fsp3) is 0.167. The third-order valence-electron chi connectivity index (χ3n) is 4.93. The summed E-state index contributed by atoms with van der Waals surface area (Å²) in [6, 6.07) is 25.0. The van der Waals surface area contributed by atoms with E-state index in [0.717, 1.165) is 46.0 Å². The zero-order valence-electron chi connectivity index (χ0n) is 16.5. The Hall–Kier alpha value is -3.40. The molecule has 0 radical (unpaired) electrons. The van der Waals surface area contributed by atoms with Crippen LogP contribution in [0.3, 0.4) is 0 Å². The first-order chi connectivity index (χ1) is 13.7. The lowest BCUT2D eigenvalue weighted by Gasteiger charge is -2.14. The second-order valence-corrected chi connectivity index (χ2v) is 7.05. The molecule has 4 nitrogen and oxygen atoms in total. The highest BCUT2D eigenvalue weighted by atomic mass is 15.3. The zero-order chi connectivity index (χ0) is 19.5. The summed E-state index contributed by atoms with van der Waals surface area (Å²) in [5.74, 6) is 0.756. The number of aryl methyl sites for hydroxylation is 1. The summed E-state index contributed by atoms with van der Waals surface area (Å²) in [5.41, 5.74) is 10.6. The molecule has 0 fully saturated rings. The van der Waals surface area contributed by atoms with Crippen LogP contribution in [0, 0.1) is 0 Å². The first-order valence-corrected chi connectivity index (χ1v) is 9.54. The Bertz CT molecular complexity index is 1030. The van der Waals surface area contributed by atoms with E-state index in [2.05, 4.69) is 59.7 Å². The lowest BCUT2D eigenvalue weighted by molar-refractivity contribution is 1.03. The van der Waals surface area contributed by atoms with Crippen LogP contribution in [0.25, 0.3) is 0 Å². The summed E-state index contributed by atoms with van der Waals surface area (Å²) in [6.45, 7) is 2.16. The van der Waals surface area contributed by atoms with Crippen LogP contribution in [0.1, 0.15) is 29.2 Å². The molecule has 0 saturated carbocycles. The van der Waals surface area contributed by atoms with Crippen molar-refractivity contribution in [3.8, 4) is 0 Å². The first kappa shape index (κ1) is 18.0. The normalized spacial score (nSPS) is 13.0. The van der Waals surface area contributed by atoms with Gasteiger partial charge in [0.25, 0.3) is 0 Å². The summed E-state index contributed by atoms with van der Waals surface area (Å²) in [7, 11) is 4.09. The standard InChI is InChI=1S/C24H24N4/c1-4-17-10-15-22-21(16-17)23(18-11-13-20(14-12-18)28(2)3)26-27-24(25-22)19-8-6-5-7-9-19/h5-16H,4H2,1-3H3,(H,25,27). The van der Waals surface area contributed by atoms with Crippen molar-refractivity contribution in [2.45, 2.75) is 13.3 Å². The molecule has 0 atom stereocenters. The van der Waals surface area contributed by atoms with Crippen LogP contribution in [0.2, 0.25) is 0 Å². The Balaban J connectivity index is 1.83. The van der Waals surface area contributed by atoms with Crippen molar-refractivity contribution in [2.24, 2.45) is 10.1 Å². The third-order valence-corrected chi connectivity index (χ3v) is 4.93. The second kappa shape index (κ2) is 7.69. The molecule has 0 aromatic heterocycles. The van der Waals surface area contributed by atoms with Gasteiger partial charge in [-0.3, -0.25) is 5.43 Å². The van der Waals surface area contributed by atoms with Gasteiger partial charge in [-0.25, -0.2) is 4.99 Å². The van der Waals surface area contributed by atoms with E-state index in [9.17, 15) is 0 Å². The van der Waals surface area contributed by atoms with Gasteiger partial charge < -0.3 is 4.90 Å². The Morgan fingerprint density at radius 3 is 2.29 bits per heavy atom. The Morgan fingerprint density at radius 2 is 1.61 bits per heavy atom. The van der Waals surface area contributed by atoms with Crippen LogP contribution in [0.5, 0.6) is 0 Å². The summed E-state index contributed by atoms with van der Waals surface area (Å²) in [4.78, 5) is 6.98. The Kier molecular flexibility index (Phi) is 4.94. The molecule has 0 aliphatic carbocycles. The number of anilines is 1. The molecule has 0 unspecified atom stereocenters. The molecule has 1 aliphatic rings. The van der Waals surface area contributed by atoms with Crippen molar-refractivity contribution < 1.29 is 0 Å². The van der Waals surface area contributed by atoms with Gasteiger partial charge in [-0.15, -0.1) is 0 Å². The molecular weight excluding hydrogens is 344 g/mol. The molecule has 0 bridgehead atoms. The van der Waals surface area contributed by atoms with E-state index in [4.69, 9.17) is 10.1 Å². The molecule has 0 amide bonds.